The molecular formula is C31H30N6O3. The van der Waals surface area contributed by atoms with Crippen LogP contribution in [0.4, 0.5) is 11.5 Å². The minimum atomic E-state index is -0.159. The van der Waals surface area contributed by atoms with Gasteiger partial charge in [0, 0.05) is 43.0 Å². The number of para-hydroxylation sites is 1. The molecule has 5 heterocycles. The van der Waals surface area contributed by atoms with E-state index in [-0.39, 0.29) is 17.9 Å². The fourth-order valence-electron chi connectivity index (χ4n) is 5.43. The van der Waals surface area contributed by atoms with Crippen molar-refractivity contribution in [3.8, 4) is 22.5 Å². The molecule has 2 aliphatic heterocycles. The van der Waals surface area contributed by atoms with Crippen LogP contribution in [-0.4, -0.2) is 65.7 Å². The number of fused-ring (bicyclic) bond motifs is 3. The first-order valence-electron chi connectivity index (χ1n) is 13.8. The van der Waals surface area contributed by atoms with Gasteiger partial charge >= 0.3 is 0 Å². The highest BCUT2D eigenvalue weighted by Crippen LogP contribution is 2.37. The Morgan fingerprint density at radius 2 is 1.82 bits per heavy atom. The highest BCUT2D eigenvalue weighted by molar-refractivity contribution is 6.08. The summed E-state index contributed by atoms with van der Waals surface area (Å²) in [6.45, 7) is 3.44. The Bertz CT molecular complexity index is 1590. The van der Waals surface area contributed by atoms with Gasteiger partial charge in [0.05, 0.1) is 30.3 Å². The highest BCUT2D eigenvalue weighted by Gasteiger charge is 2.29. The van der Waals surface area contributed by atoms with Gasteiger partial charge in [-0.25, -0.2) is 9.97 Å². The standard InChI is InChI=1S/C31H30N6O3/c38-30(33-22-8-9-22)26-18-21-11-13-37(27-7-2-1-4-23(27)29(21)35-26)31(39)25-6-3-5-24(34-25)20-10-12-32-28(19-20)36-14-16-40-17-15-36/h1-7,10,12,18-19,22,35H,8-9,11,13-17H2,(H,33,38). The monoisotopic (exact) mass is 534 g/mol. The average Bonchev–Trinajstić information content (AvgIpc) is 3.75. The molecule has 9 heteroatoms. The molecule has 2 N–H and O–H groups in total. The molecule has 3 aliphatic rings. The second-order valence-electron chi connectivity index (χ2n) is 10.5. The summed E-state index contributed by atoms with van der Waals surface area (Å²) in [6.07, 6.45) is 4.49. The Balaban J connectivity index is 1.17. The molecule has 0 atom stereocenters. The lowest BCUT2D eigenvalue weighted by Crippen LogP contribution is -2.36. The number of nitrogens with one attached hydrogen (secondary N) is 2. The van der Waals surface area contributed by atoms with Gasteiger partial charge in [-0.3, -0.25) is 9.59 Å². The van der Waals surface area contributed by atoms with Crippen molar-refractivity contribution in [2.24, 2.45) is 0 Å². The number of hydrogen-bond donors (Lipinski definition) is 2. The lowest BCUT2D eigenvalue weighted by Gasteiger charge is -2.28. The number of nitrogens with zero attached hydrogens (tertiary/aromatic N) is 4. The van der Waals surface area contributed by atoms with Crippen molar-refractivity contribution in [1.29, 1.82) is 0 Å². The van der Waals surface area contributed by atoms with Gasteiger partial charge in [-0.1, -0.05) is 24.3 Å². The molecular weight excluding hydrogens is 504 g/mol. The molecule has 0 radical (unpaired) electrons. The normalized spacial score (nSPS) is 16.6. The number of carbonyl (C=O) groups is 2. The number of H-pyrrole nitrogens is 1. The molecule has 1 aliphatic carbocycles. The van der Waals surface area contributed by atoms with Crippen molar-refractivity contribution in [3.63, 3.8) is 0 Å². The molecule has 0 spiro atoms. The molecule has 4 aromatic rings. The topological polar surface area (TPSA) is 103 Å². The fourth-order valence-corrected chi connectivity index (χ4v) is 5.43. The van der Waals surface area contributed by atoms with Crippen LogP contribution in [0.3, 0.4) is 0 Å². The smallest absolute Gasteiger partial charge is 0.276 e. The lowest BCUT2D eigenvalue weighted by atomic mass is 10.1. The summed E-state index contributed by atoms with van der Waals surface area (Å²) in [5, 5.41) is 3.05. The molecule has 0 unspecified atom stereocenters. The summed E-state index contributed by atoms with van der Waals surface area (Å²) in [5.74, 6) is 0.649. The van der Waals surface area contributed by atoms with Crippen LogP contribution >= 0.6 is 0 Å². The SMILES string of the molecule is O=C(NC1CC1)c1cc2c([nH]1)-c1ccccc1N(C(=O)c1cccc(-c3ccnc(N4CCOCC4)c3)n1)CC2. The molecule has 9 nitrogen and oxygen atoms in total. The van der Waals surface area contributed by atoms with Gasteiger partial charge in [-0.05, 0) is 61.2 Å². The summed E-state index contributed by atoms with van der Waals surface area (Å²) in [5.41, 5.74) is 6.19. The lowest BCUT2D eigenvalue weighted by molar-refractivity contribution is 0.0944. The number of pyridine rings is 2. The van der Waals surface area contributed by atoms with Gasteiger partial charge < -0.3 is 24.8 Å². The number of benzene rings is 1. The molecule has 0 bridgehead atoms. The van der Waals surface area contributed by atoms with Crippen molar-refractivity contribution in [1.82, 2.24) is 20.3 Å². The van der Waals surface area contributed by atoms with Crippen LogP contribution in [-0.2, 0) is 11.2 Å². The molecule has 1 saturated carbocycles. The number of amides is 2. The van der Waals surface area contributed by atoms with Gasteiger partial charge in [0.15, 0.2) is 0 Å². The second-order valence-corrected chi connectivity index (χ2v) is 10.5. The van der Waals surface area contributed by atoms with Crippen molar-refractivity contribution >= 4 is 23.3 Å². The van der Waals surface area contributed by atoms with Crippen LogP contribution in [0.15, 0.2) is 66.9 Å². The maximum Gasteiger partial charge on any atom is 0.276 e. The molecule has 1 aromatic carbocycles. The predicted octanol–water partition coefficient (Wildman–Crippen LogP) is 4.07. The number of hydrogen-bond acceptors (Lipinski definition) is 6. The molecule has 1 saturated heterocycles. The summed E-state index contributed by atoms with van der Waals surface area (Å²) >= 11 is 0. The number of anilines is 2. The Morgan fingerprint density at radius 3 is 2.67 bits per heavy atom. The number of aromatic nitrogens is 3. The molecule has 7 rings (SSSR count). The first-order chi connectivity index (χ1) is 19.6. The molecule has 2 amide bonds. The quantitative estimate of drug-likeness (QED) is 0.400. The van der Waals surface area contributed by atoms with E-state index in [9.17, 15) is 9.59 Å². The number of morpholine rings is 1. The zero-order valence-electron chi connectivity index (χ0n) is 22.1. The van der Waals surface area contributed by atoms with Gasteiger partial charge in [0.2, 0.25) is 0 Å². The third kappa shape index (κ3) is 4.73. The molecule has 40 heavy (non-hydrogen) atoms. The van der Waals surface area contributed by atoms with Crippen molar-refractivity contribution in [3.05, 3.63) is 83.8 Å². The summed E-state index contributed by atoms with van der Waals surface area (Å²) in [7, 11) is 0. The maximum atomic E-state index is 13.9. The number of rotatable bonds is 5. The van der Waals surface area contributed by atoms with Gasteiger partial charge in [-0.2, -0.15) is 0 Å². The van der Waals surface area contributed by atoms with Crippen LogP contribution in [0.5, 0.6) is 0 Å². The van der Waals surface area contributed by atoms with Crippen LogP contribution in [0.25, 0.3) is 22.5 Å². The number of carbonyl (C=O) groups excluding carboxylic acids is 2. The minimum absolute atomic E-state index is 0.0742. The minimum Gasteiger partial charge on any atom is -0.378 e. The van der Waals surface area contributed by atoms with Crippen LogP contribution in [0.2, 0.25) is 0 Å². The first-order valence-corrected chi connectivity index (χ1v) is 13.8. The highest BCUT2D eigenvalue weighted by atomic mass is 16.5. The van der Waals surface area contributed by atoms with E-state index in [1.807, 2.05) is 54.6 Å². The Hall–Kier alpha value is -4.50. The van der Waals surface area contributed by atoms with Gasteiger partial charge in [0.1, 0.15) is 17.2 Å². The van der Waals surface area contributed by atoms with E-state index >= 15 is 0 Å². The summed E-state index contributed by atoms with van der Waals surface area (Å²) in [4.78, 5) is 43.3. The van der Waals surface area contributed by atoms with Crippen molar-refractivity contribution in [2.45, 2.75) is 25.3 Å². The summed E-state index contributed by atoms with van der Waals surface area (Å²) < 4.78 is 5.47. The van der Waals surface area contributed by atoms with E-state index in [1.165, 1.54) is 0 Å². The van der Waals surface area contributed by atoms with E-state index in [0.29, 0.717) is 37.6 Å². The largest absolute Gasteiger partial charge is 0.378 e. The third-order valence-electron chi connectivity index (χ3n) is 7.72. The second kappa shape index (κ2) is 10.2. The Kier molecular flexibility index (Phi) is 6.28. The van der Waals surface area contributed by atoms with E-state index in [0.717, 1.165) is 65.5 Å². The Morgan fingerprint density at radius 1 is 0.975 bits per heavy atom. The molecule has 2 fully saturated rings. The van der Waals surface area contributed by atoms with Crippen LogP contribution in [0.1, 0.15) is 39.4 Å². The zero-order chi connectivity index (χ0) is 27.1. The average molecular weight is 535 g/mol. The number of aromatic amines is 1. The van der Waals surface area contributed by atoms with E-state index in [2.05, 4.69) is 20.2 Å². The van der Waals surface area contributed by atoms with E-state index < -0.39 is 0 Å². The molecule has 3 aromatic heterocycles. The zero-order valence-corrected chi connectivity index (χ0v) is 22.1. The third-order valence-corrected chi connectivity index (χ3v) is 7.72. The predicted molar refractivity (Wildman–Crippen MR) is 153 cm³/mol. The number of ether oxygens (including phenoxy) is 1. The van der Waals surface area contributed by atoms with Crippen molar-refractivity contribution < 1.29 is 14.3 Å². The van der Waals surface area contributed by atoms with E-state index in [4.69, 9.17) is 9.72 Å². The fraction of sp³-hybridized carbons (Fsp3) is 0.290. The maximum absolute atomic E-state index is 13.9. The molecule has 202 valence electrons. The van der Waals surface area contributed by atoms with Crippen LogP contribution < -0.4 is 15.1 Å². The Labute approximate surface area is 232 Å². The van der Waals surface area contributed by atoms with Gasteiger partial charge in [-0.15, -0.1) is 0 Å². The van der Waals surface area contributed by atoms with Crippen LogP contribution in [0, 0.1) is 0 Å². The van der Waals surface area contributed by atoms with Crippen molar-refractivity contribution in [2.75, 3.05) is 42.6 Å². The first kappa shape index (κ1) is 24.5. The van der Waals surface area contributed by atoms with Gasteiger partial charge in [0.25, 0.3) is 11.8 Å². The van der Waals surface area contributed by atoms with E-state index in [1.54, 1.807) is 17.2 Å². The summed E-state index contributed by atoms with van der Waals surface area (Å²) in [6, 6.07) is 19.6.